The highest BCUT2D eigenvalue weighted by Gasteiger charge is 2.31. The van der Waals surface area contributed by atoms with E-state index in [0.29, 0.717) is 21.9 Å². The van der Waals surface area contributed by atoms with Crippen molar-refractivity contribution in [3.8, 4) is 5.75 Å². The summed E-state index contributed by atoms with van der Waals surface area (Å²) in [7, 11) is 0. The van der Waals surface area contributed by atoms with Crippen LogP contribution in [0.4, 0.5) is 24.7 Å². The molecule has 2 aromatic rings. The van der Waals surface area contributed by atoms with Crippen LogP contribution in [0.1, 0.15) is 12.8 Å². The van der Waals surface area contributed by atoms with Gasteiger partial charge in [0.15, 0.2) is 0 Å². The Balaban J connectivity index is 1.87. The molecule has 1 N–H and O–H groups in total. The average molecular weight is 341 g/mol. The third kappa shape index (κ3) is 3.96. The summed E-state index contributed by atoms with van der Waals surface area (Å²) in [6.07, 6.45) is -1.06. The Bertz CT molecular complexity index is 849. The largest absolute Gasteiger partial charge is 0.573 e. The number of nitrogens with zero attached hydrogens (tertiary/aromatic N) is 1. The minimum absolute atomic E-state index is 0.293. The lowest BCUT2D eigenvalue weighted by Gasteiger charge is -2.11. The van der Waals surface area contributed by atoms with Crippen LogP contribution in [-0.2, 0) is 0 Å². The van der Waals surface area contributed by atoms with Crippen LogP contribution < -0.4 is 20.6 Å². The highest BCUT2D eigenvalue weighted by molar-refractivity contribution is 6.45. The number of alkyl halides is 3. The van der Waals surface area contributed by atoms with E-state index in [1.807, 2.05) is 6.07 Å². The van der Waals surface area contributed by atoms with Gasteiger partial charge in [-0.3, -0.25) is 0 Å². The monoisotopic (exact) mass is 340 g/mol. The molecule has 0 bridgehead atoms. The van der Waals surface area contributed by atoms with Crippen molar-refractivity contribution in [2.75, 3.05) is 5.32 Å². The minimum atomic E-state index is -4.72. The number of ether oxygens (including phenoxy) is 1. The number of benzene rings is 1. The van der Waals surface area contributed by atoms with E-state index < -0.39 is 6.36 Å². The van der Waals surface area contributed by atoms with Gasteiger partial charge in [0.05, 0.1) is 5.35 Å². The molecule has 0 aliphatic heterocycles. The van der Waals surface area contributed by atoms with Crippen LogP contribution >= 0.6 is 11.6 Å². The normalized spacial score (nSPS) is 14.0. The predicted octanol–water partition coefficient (Wildman–Crippen LogP) is 3.65. The Morgan fingerprint density at radius 1 is 1.17 bits per heavy atom. The van der Waals surface area contributed by atoms with Crippen LogP contribution in [0.2, 0.25) is 0 Å². The lowest BCUT2D eigenvalue weighted by atomic mass is 10.1. The summed E-state index contributed by atoms with van der Waals surface area (Å²) in [6.45, 7) is 0. The van der Waals surface area contributed by atoms with Crippen LogP contribution in [-0.4, -0.2) is 11.3 Å². The fourth-order valence-electron chi connectivity index (χ4n) is 2.31. The Kier molecular flexibility index (Phi) is 4.17. The van der Waals surface area contributed by atoms with E-state index in [9.17, 15) is 13.2 Å². The third-order valence-corrected chi connectivity index (χ3v) is 3.62. The molecule has 3 nitrogen and oxygen atoms in total. The van der Waals surface area contributed by atoms with Gasteiger partial charge >= 0.3 is 6.36 Å². The summed E-state index contributed by atoms with van der Waals surface area (Å²) in [5.41, 5.74) is 0.440. The molecule has 1 aliphatic rings. The number of hydrogen-bond donors (Lipinski definition) is 1. The van der Waals surface area contributed by atoms with E-state index in [0.717, 1.165) is 18.1 Å². The number of nitrogens with one attached hydrogen (secondary N) is 1. The quantitative estimate of drug-likeness (QED) is 0.926. The van der Waals surface area contributed by atoms with Crippen LogP contribution in [0.3, 0.4) is 0 Å². The Morgan fingerprint density at radius 2 is 2.00 bits per heavy atom. The SMILES string of the molecule is FC(F)(F)Oc1cccc(Nc2ccc3c(n2)=C(Cl)CCC=3)c1. The standard InChI is InChI=1S/C16H12ClF3N2O/c17-13-6-1-3-10-7-8-14(22-15(10)13)21-11-4-2-5-12(9-11)23-16(18,19)20/h2-5,7-9H,1,6H2,(H,21,22). The van der Waals surface area contributed by atoms with Crippen molar-refractivity contribution < 1.29 is 17.9 Å². The maximum atomic E-state index is 12.3. The molecule has 0 radical (unpaired) electrons. The lowest BCUT2D eigenvalue weighted by Crippen LogP contribution is -2.31. The van der Waals surface area contributed by atoms with E-state index >= 15 is 0 Å². The number of halogens is 4. The number of anilines is 2. The molecule has 1 heterocycles. The first-order chi connectivity index (χ1) is 10.9. The van der Waals surface area contributed by atoms with Gasteiger partial charge in [0, 0.05) is 16.8 Å². The van der Waals surface area contributed by atoms with Crippen molar-refractivity contribution in [1.82, 2.24) is 4.98 Å². The van der Waals surface area contributed by atoms with Crippen molar-refractivity contribution in [1.29, 1.82) is 0 Å². The van der Waals surface area contributed by atoms with Crippen molar-refractivity contribution in [3.05, 3.63) is 47.0 Å². The summed E-state index contributed by atoms with van der Waals surface area (Å²) in [6, 6.07) is 9.21. The van der Waals surface area contributed by atoms with E-state index in [4.69, 9.17) is 11.6 Å². The third-order valence-electron chi connectivity index (χ3n) is 3.25. The van der Waals surface area contributed by atoms with Gasteiger partial charge in [-0.2, -0.15) is 0 Å². The molecular weight excluding hydrogens is 329 g/mol. The molecule has 1 aromatic carbocycles. The van der Waals surface area contributed by atoms with Crippen molar-refractivity contribution in [2.45, 2.75) is 19.2 Å². The zero-order valence-electron chi connectivity index (χ0n) is 11.8. The summed E-state index contributed by atoms with van der Waals surface area (Å²) in [5, 5.41) is 5.30. The Hall–Kier alpha value is -2.21. The van der Waals surface area contributed by atoms with E-state index in [1.54, 1.807) is 12.1 Å². The van der Waals surface area contributed by atoms with Gasteiger partial charge in [-0.15, -0.1) is 13.2 Å². The summed E-state index contributed by atoms with van der Waals surface area (Å²) >= 11 is 6.18. The second kappa shape index (κ2) is 6.12. The van der Waals surface area contributed by atoms with E-state index in [2.05, 4.69) is 21.1 Å². The van der Waals surface area contributed by atoms with Gasteiger partial charge in [-0.1, -0.05) is 23.7 Å². The van der Waals surface area contributed by atoms with Crippen molar-refractivity contribution >= 4 is 34.2 Å². The van der Waals surface area contributed by atoms with Gasteiger partial charge < -0.3 is 10.1 Å². The van der Waals surface area contributed by atoms with Crippen LogP contribution in [0.5, 0.6) is 5.75 Å². The summed E-state index contributed by atoms with van der Waals surface area (Å²) < 4.78 is 40.7. The first-order valence-corrected chi connectivity index (χ1v) is 7.27. The van der Waals surface area contributed by atoms with Gasteiger partial charge in [0.1, 0.15) is 11.6 Å². The molecule has 0 saturated carbocycles. The number of pyridine rings is 1. The number of hydrogen-bond acceptors (Lipinski definition) is 3. The Labute approximate surface area is 135 Å². The van der Waals surface area contributed by atoms with Gasteiger partial charge in [-0.25, -0.2) is 4.98 Å². The first kappa shape index (κ1) is 15.7. The van der Waals surface area contributed by atoms with Crippen LogP contribution in [0.25, 0.3) is 11.1 Å². The molecule has 0 fully saturated rings. The Morgan fingerprint density at radius 3 is 2.78 bits per heavy atom. The van der Waals surface area contributed by atoms with Gasteiger partial charge in [0.25, 0.3) is 0 Å². The molecule has 23 heavy (non-hydrogen) atoms. The fraction of sp³-hybridized carbons (Fsp3) is 0.188. The molecule has 3 rings (SSSR count). The minimum Gasteiger partial charge on any atom is -0.406 e. The van der Waals surface area contributed by atoms with Crippen LogP contribution in [0.15, 0.2) is 36.4 Å². The molecule has 0 unspecified atom stereocenters. The molecule has 0 amide bonds. The highest BCUT2D eigenvalue weighted by Crippen LogP contribution is 2.26. The summed E-state index contributed by atoms with van der Waals surface area (Å²) in [4.78, 5) is 4.42. The first-order valence-electron chi connectivity index (χ1n) is 6.89. The molecule has 1 aliphatic carbocycles. The molecule has 0 spiro atoms. The molecule has 7 heteroatoms. The fourth-order valence-corrected chi connectivity index (χ4v) is 2.57. The topological polar surface area (TPSA) is 34.1 Å². The molecule has 0 saturated heterocycles. The van der Waals surface area contributed by atoms with Gasteiger partial charge in [0.2, 0.25) is 0 Å². The average Bonchev–Trinajstić information content (AvgIpc) is 2.47. The molecule has 1 aromatic heterocycles. The smallest absolute Gasteiger partial charge is 0.406 e. The van der Waals surface area contributed by atoms with E-state index in [1.165, 1.54) is 18.2 Å². The molecule has 0 atom stereocenters. The zero-order valence-corrected chi connectivity index (χ0v) is 12.6. The van der Waals surface area contributed by atoms with Crippen molar-refractivity contribution in [2.24, 2.45) is 0 Å². The highest BCUT2D eigenvalue weighted by atomic mass is 35.5. The summed E-state index contributed by atoms with van der Waals surface area (Å²) in [5.74, 6) is 0.208. The van der Waals surface area contributed by atoms with Crippen molar-refractivity contribution in [3.63, 3.8) is 0 Å². The van der Waals surface area contributed by atoms with Gasteiger partial charge in [-0.05, 0) is 42.3 Å². The second-order valence-corrected chi connectivity index (χ2v) is 5.44. The zero-order chi connectivity index (χ0) is 16.4. The molecule has 120 valence electrons. The van der Waals surface area contributed by atoms with E-state index in [-0.39, 0.29) is 5.75 Å². The number of rotatable bonds is 3. The number of fused-ring (bicyclic) bond motifs is 1. The predicted molar refractivity (Wildman–Crippen MR) is 82.9 cm³/mol. The molecular formula is C16H12ClF3N2O. The maximum absolute atomic E-state index is 12.3. The maximum Gasteiger partial charge on any atom is 0.573 e. The lowest BCUT2D eigenvalue weighted by molar-refractivity contribution is -0.274. The van der Waals surface area contributed by atoms with Crippen LogP contribution in [0, 0.1) is 0 Å². The second-order valence-electron chi connectivity index (χ2n) is 4.98. The number of aromatic nitrogens is 1.